The molecule has 0 atom stereocenters. The van der Waals surface area contributed by atoms with Gasteiger partial charge < -0.3 is 5.11 Å². The summed E-state index contributed by atoms with van der Waals surface area (Å²) in [7, 11) is 0. The van der Waals surface area contributed by atoms with Gasteiger partial charge in [-0.25, -0.2) is 0 Å². The molecular weight excluding hydrogens is 96.1 g/mol. The minimum atomic E-state index is 0.259. The Morgan fingerprint density at radius 3 is 2.83 bits per heavy atom. The largest absolute Gasteiger partial charge is 0.499 e. The molecule has 0 aliphatic rings. The zero-order valence-corrected chi connectivity index (χ0v) is 3.83. The Bertz CT molecular complexity index is 111. The second kappa shape index (κ2) is 1.30. The number of thiophene rings is 1. The fourth-order valence-electron chi connectivity index (χ4n) is 0.238. The molecule has 0 bridgehead atoms. The monoisotopic (exact) mass is 99.0 g/mol. The van der Waals surface area contributed by atoms with Crippen LogP contribution in [-0.2, 0) is 0 Å². The van der Waals surface area contributed by atoms with E-state index in [1.54, 1.807) is 11.4 Å². The quantitative estimate of drug-likeness (QED) is 0.519. The lowest BCUT2D eigenvalue weighted by Gasteiger charge is -1.66. The summed E-state index contributed by atoms with van der Waals surface area (Å²) in [6.07, 6.45) is 0. The van der Waals surface area contributed by atoms with Gasteiger partial charge in [-0.3, -0.25) is 0 Å². The van der Waals surface area contributed by atoms with Gasteiger partial charge in [0.1, 0.15) is 0 Å². The molecule has 2 heteroatoms. The number of aromatic hydroxyl groups is 1. The van der Waals surface area contributed by atoms with Crippen LogP contribution in [-0.4, -0.2) is 5.11 Å². The predicted octanol–water partition coefficient (Wildman–Crippen LogP) is 1.25. The molecule has 1 heterocycles. The minimum absolute atomic E-state index is 0.259. The third-order valence-electron chi connectivity index (χ3n) is 0.455. The molecule has 0 fully saturated rings. The molecule has 0 saturated heterocycles. The zero-order valence-electron chi connectivity index (χ0n) is 3.01. The summed E-state index contributed by atoms with van der Waals surface area (Å²) in [5.41, 5.74) is 0. The van der Waals surface area contributed by atoms with Crippen molar-refractivity contribution in [3.63, 3.8) is 0 Å². The second-order valence-electron chi connectivity index (χ2n) is 0.870. The van der Waals surface area contributed by atoms with E-state index >= 15 is 0 Å². The molecule has 1 rings (SSSR count). The fourth-order valence-corrected chi connectivity index (χ4v) is 0.639. The molecule has 0 spiro atoms. The first-order valence-electron chi connectivity index (χ1n) is 1.54. The molecule has 1 nitrogen and oxygen atoms in total. The molecule has 31 valence electrons. The molecule has 1 N–H and O–H groups in total. The van der Waals surface area contributed by atoms with Gasteiger partial charge in [0.15, 0.2) is 5.06 Å². The third kappa shape index (κ3) is 0.518. The van der Waals surface area contributed by atoms with E-state index in [0.717, 1.165) is 0 Å². The van der Waals surface area contributed by atoms with Crippen LogP contribution in [0, 0.1) is 6.07 Å². The van der Waals surface area contributed by atoms with Crippen LogP contribution in [0.15, 0.2) is 11.4 Å². The maximum atomic E-state index is 8.44. The Labute approximate surface area is 39.9 Å². The van der Waals surface area contributed by atoms with E-state index < -0.39 is 0 Å². The SMILES string of the molecule is Oc1[c]ccs1. The summed E-state index contributed by atoms with van der Waals surface area (Å²) in [5.74, 6) is 0. The van der Waals surface area contributed by atoms with Crippen LogP contribution >= 0.6 is 11.3 Å². The second-order valence-corrected chi connectivity index (χ2v) is 1.76. The summed E-state index contributed by atoms with van der Waals surface area (Å²) in [6, 6.07) is 4.25. The Hall–Kier alpha value is -0.500. The minimum Gasteiger partial charge on any atom is -0.499 e. The Balaban J connectivity index is 3.05. The number of hydrogen-bond acceptors (Lipinski definition) is 2. The van der Waals surface area contributed by atoms with Crippen LogP contribution in [0.1, 0.15) is 0 Å². The van der Waals surface area contributed by atoms with Gasteiger partial charge in [0.2, 0.25) is 0 Å². The highest BCUT2D eigenvalue weighted by molar-refractivity contribution is 7.11. The van der Waals surface area contributed by atoms with Crippen LogP contribution in [0.3, 0.4) is 0 Å². The average Bonchev–Trinajstić information content (AvgIpc) is 1.86. The molecule has 0 aliphatic heterocycles. The van der Waals surface area contributed by atoms with Crippen LogP contribution in [0.25, 0.3) is 0 Å². The van der Waals surface area contributed by atoms with E-state index in [0.29, 0.717) is 0 Å². The van der Waals surface area contributed by atoms with Crippen molar-refractivity contribution in [1.82, 2.24) is 0 Å². The summed E-state index contributed by atoms with van der Waals surface area (Å²) in [6.45, 7) is 0. The van der Waals surface area contributed by atoms with Crippen LogP contribution in [0.2, 0.25) is 0 Å². The first kappa shape index (κ1) is 3.68. The van der Waals surface area contributed by atoms with E-state index in [1.165, 1.54) is 11.3 Å². The summed E-state index contributed by atoms with van der Waals surface area (Å²) in [5, 5.41) is 10.5. The van der Waals surface area contributed by atoms with Gasteiger partial charge >= 0.3 is 0 Å². The van der Waals surface area contributed by atoms with Crippen molar-refractivity contribution < 1.29 is 5.11 Å². The van der Waals surface area contributed by atoms with Crippen molar-refractivity contribution in [3.8, 4) is 5.06 Å². The van der Waals surface area contributed by atoms with Gasteiger partial charge in [0.25, 0.3) is 0 Å². The van der Waals surface area contributed by atoms with Gasteiger partial charge in [-0.1, -0.05) is 0 Å². The van der Waals surface area contributed by atoms with Crippen molar-refractivity contribution in [2.24, 2.45) is 0 Å². The van der Waals surface area contributed by atoms with Gasteiger partial charge in [-0.15, -0.1) is 11.3 Å². The standard InChI is InChI=1S/C4H3OS/c5-4-2-1-3-6-4/h1,3,5H. The van der Waals surface area contributed by atoms with E-state index in [9.17, 15) is 0 Å². The Morgan fingerprint density at radius 1 is 1.83 bits per heavy atom. The highest BCUT2D eigenvalue weighted by atomic mass is 32.1. The number of hydrogen-bond donors (Lipinski definition) is 1. The van der Waals surface area contributed by atoms with Crippen molar-refractivity contribution in [3.05, 3.63) is 17.5 Å². The van der Waals surface area contributed by atoms with E-state index in [-0.39, 0.29) is 5.06 Å². The lowest BCUT2D eigenvalue weighted by molar-refractivity contribution is 0.490. The van der Waals surface area contributed by atoms with E-state index in [1.807, 2.05) is 0 Å². The molecule has 1 radical (unpaired) electrons. The molecule has 1 aromatic rings. The van der Waals surface area contributed by atoms with Crippen molar-refractivity contribution >= 4 is 11.3 Å². The summed E-state index contributed by atoms with van der Waals surface area (Å²) < 4.78 is 0. The topological polar surface area (TPSA) is 20.2 Å². The highest BCUT2D eigenvalue weighted by Crippen LogP contribution is 2.13. The Kier molecular flexibility index (Phi) is 0.801. The lowest BCUT2D eigenvalue weighted by Crippen LogP contribution is -1.37. The van der Waals surface area contributed by atoms with E-state index in [4.69, 9.17) is 5.11 Å². The molecular formula is C4H3OS. The summed E-state index contributed by atoms with van der Waals surface area (Å²) in [4.78, 5) is 0. The van der Waals surface area contributed by atoms with Crippen LogP contribution in [0.5, 0.6) is 5.06 Å². The van der Waals surface area contributed by atoms with Gasteiger partial charge in [-0.2, -0.15) is 0 Å². The van der Waals surface area contributed by atoms with E-state index in [2.05, 4.69) is 6.07 Å². The maximum absolute atomic E-state index is 8.44. The normalized spacial score (nSPS) is 8.67. The molecule has 1 aromatic heterocycles. The van der Waals surface area contributed by atoms with Crippen LogP contribution < -0.4 is 0 Å². The fraction of sp³-hybridized carbons (Fsp3) is 0. The van der Waals surface area contributed by atoms with Crippen molar-refractivity contribution in [2.75, 3.05) is 0 Å². The molecule has 0 aromatic carbocycles. The molecule has 6 heavy (non-hydrogen) atoms. The number of rotatable bonds is 0. The predicted molar refractivity (Wildman–Crippen MR) is 24.8 cm³/mol. The molecule has 0 aliphatic carbocycles. The Morgan fingerprint density at radius 2 is 2.67 bits per heavy atom. The first-order chi connectivity index (χ1) is 2.89. The van der Waals surface area contributed by atoms with Gasteiger partial charge in [0.05, 0.1) is 0 Å². The molecule has 0 unspecified atom stereocenters. The average molecular weight is 99.1 g/mol. The molecule has 0 saturated carbocycles. The third-order valence-corrected chi connectivity index (χ3v) is 1.07. The summed E-state index contributed by atoms with van der Waals surface area (Å²) >= 11 is 1.28. The van der Waals surface area contributed by atoms with Crippen LogP contribution in [0.4, 0.5) is 0 Å². The van der Waals surface area contributed by atoms with Gasteiger partial charge in [0, 0.05) is 6.07 Å². The molecule has 0 amide bonds. The lowest BCUT2D eigenvalue weighted by atomic mass is 10.7. The van der Waals surface area contributed by atoms with Crippen molar-refractivity contribution in [1.29, 1.82) is 0 Å². The van der Waals surface area contributed by atoms with Crippen molar-refractivity contribution in [2.45, 2.75) is 0 Å². The first-order valence-corrected chi connectivity index (χ1v) is 2.42. The maximum Gasteiger partial charge on any atom is 0.179 e. The van der Waals surface area contributed by atoms with Gasteiger partial charge in [-0.05, 0) is 11.4 Å². The highest BCUT2D eigenvalue weighted by Gasteiger charge is 1.79. The zero-order chi connectivity index (χ0) is 4.41. The smallest absolute Gasteiger partial charge is 0.179 e.